The Balaban J connectivity index is 1.75. The summed E-state index contributed by atoms with van der Waals surface area (Å²) in [6, 6.07) is 19.0. The smallest absolute Gasteiger partial charge is 0.270 e. The predicted octanol–water partition coefficient (Wildman–Crippen LogP) is 1.66. The fourth-order valence-electron chi connectivity index (χ4n) is 3.67. The maximum atomic E-state index is 12.9. The predicted molar refractivity (Wildman–Crippen MR) is 147 cm³/mol. The molecule has 10 heteroatoms. The van der Waals surface area contributed by atoms with Crippen LogP contribution < -0.4 is 30.7 Å². The van der Waals surface area contributed by atoms with Gasteiger partial charge in [-0.3, -0.25) is 23.9 Å². The lowest BCUT2D eigenvalue weighted by atomic mass is 10.2. The standard InChI is InChI=1S/C27H30N6O3S/c1-4-29-25(35)22(15-28)27-33(5-2)26(36)23(37-27)16-30-20-12-9-13-21(14-20)31-24(34)18-32(3)17-19-10-7-6-8-11-19/h6-14,16,30H,4-5,17-18H2,1-3H3,(H,29,35)(H,31,34). The van der Waals surface area contributed by atoms with E-state index in [0.717, 1.165) is 16.9 Å². The van der Waals surface area contributed by atoms with Gasteiger partial charge < -0.3 is 16.0 Å². The Bertz CT molecular complexity index is 1470. The van der Waals surface area contributed by atoms with Crippen LogP contribution in [0.2, 0.25) is 0 Å². The number of hydrogen-bond donors (Lipinski definition) is 3. The van der Waals surface area contributed by atoms with Crippen molar-refractivity contribution in [2.75, 3.05) is 30.8 Å². The van der Waals surface area contributed by atoms with Gasteiger partial charge in [-0.2, -0.15) is 5.26 Å². The molecule has 1 heterocycles. The number of rotatable bonds is 10. The first-order chi connectivity index (χ1) is 17.9. The van der Waals surface area contributed by atoms with Gasteiger partial charge in [-0.25, -0.2) is 0 Å². The monoisotopic (exact) mass is 518 g/mol. The van der Waals surface area contributed by atoms with Gasteiger partial charge in [0.1, 0.15) is 15.3 Å². The van der Waals surface area contributed by atoms with Crippen molar-refractivity contribution in [2.24, 2.45) is 0 Å². The first-order valence-electron chi connectivity index (χ1n) is 11.9. The number of thiazole rings is 1. The molecule has 1 aromatic heterocycles. The van der Waals surface area contributed by atoms with Crippen LogP contribution in [-0.2, 0) is 22.7 Å². The van der Waals surface area contributed by atoms with Crippen LogP contribution in [0.4, 0.5) is 11.4 Å². The van der Waals surface area contributed by atoms with Crippen LogP contribution in [0.15, 0.2) is 59.4 Å². The van der Waals surface area contributed by atoms with Gasteiger partial charge in [-0.15, -0.1) is 11.3 Å². The van der Waals surface area contributed by atoms with Crippen LogP contribution in [0.1, 0.15) is 19.4 Å². The number of carbonyl (C=O) groups is 2. The first kappa shape index (κ1) is 27.4. The van der Waals surface area contributed by atoms with Gasteiger partial charge in [0.25, 0.3) is 11.5 Å². The minimum atomic E-state index is -0.509. The Hall–Kier alpha value is -4.20. The molecule has 0 aliphatic heterocycles. The van der Waals surface area contributed by atoms with Crippen molar-refractivity contribution in [3.63, 3.8) is 0 Å². The van der Waals surface area contributed by atoms with E-state index in [1.165, 1.54) is 4.57 Å². The van der Waals surface area contributed by atoms with Crippen molar-refractivity contribution in [2.45, 2.75) is 26.9 Å². The number of amides is 2. The fourth-order valence-corrected chi connectivity index (χ4v) is 4.76. The van der Waals surface area contributed by atoms with E-state index in [0.29, 0.717) is 40.2 Å². The van der Waals surface area contributed by atoms with E-state index < -0.39 is 5.91 Å². The molecule has 2 aromatic carbocycles. The van der Waals surface area contributed by atoms with Gasteiger partial charge >= 0.3 is 0 Å². The zero-order valence-electron chi connectivity index (χ0n) is 21.1. The van der Waals surface area contributed by atoms with E-state index in [4.69, 9.17) is 0 Å². The molecule has 37 heavy (non-hydrogen) atoms. The van der Waals surface area contributed by atoms with Gasteiger partial charge in [0.15, 0.2) is 5.57 Å². The molecule has 9 nitrogen and oxygen atoms in total. The molecule has 0 unspecified atom stereocenters. The third-order valence-corrected chi connectivity index (χ3v) is 6.47. The summed E-state index contributed by atoms with van der Waals surface area (Å²) in [5, 5.41) is 18.1. The molecule has 0 aliphatic carbocycles. The number of benzene rings is 2. The molecule has 2 amide bonds. The van der Waals surface area contributed by atoms with Gasteiger partial charge in [0.2, 0.25) is 5.91 Å². The number of nitriles is 1. The highest BCUT2D eigenvalue weighted by Gasteiger charge is 2.14. The number of anilines is 2. The second kappa shape index (κ2) is 13.2. The number of nitrogens with one attached hydrogen (secondary N) is 3. The summed E-state index contributed by atoms with van der Waals surface area (Å²) in [7, 11) is 1.89. The number of aromatic nitrogens is 1. The van der Waals surface area contributed by atoms with Crippen molar-refractivity contribution in [1.29, 1.82) is 5.26 Å². The van der Waals surface area contributed by atoms with E-state index in [2.05, 4.69) is 16.0 Å². The molecule has 3 aromatic rings. The van der Waals surface area contributed by atoms with Gasteiger partial charge in [-0.1, -0.05) is 36.4 Å². The topological polar surface area (TPSA) is 119 Å². The molecule has 0 radical (unpaired) electrons. The zero-order chi connectivity index (χ0) is 26.8. The Morgan fingerprint density at radius 3 is 2.51 bits per heavy atom. The van der Waals surface area contributed by atoms with E-state index in [1.807, 2.05) is 54.4 Å². The van der Waals surface area contributed by atoms with Crippen LogP contribution in [-0.4, -0.2) is 41.4 Å². The molecule has 0 saturated heterocycles. The summed E-state index contributed by atoms with van der Waals surface area (Å²) in [4.78, 5) is 39.6. The normalized spacial score (nSPS) is 12.1. The Morgan fingerprint density at radius 1 is 1.11 bits per heavy atom. The molecule has 0 aliphatic rings. The molecule has 0 saturated carbocycles. The summed E-state index contributed by atoms with van der Waals surface area (Å²) in [5.74, 6) is -0.649. The molecular weight excluding hydrogens is 488 g/mol. The number of nitrogens with zero attached hydrogens (tertiary/aromatic N) is 3. The molecule has 0 spiro atoms. The summed E-state index contributed by atoms with van der Waals surface area (Å²) >= 11 is 1.08. The lowest BCUT2D eigenvalue weighted by Gasteiger charge is -2.16. The average Bonchev–Trinajstić information content (AvgIpc) is 3.18. The van der Waals surface area contributed by atoms with Crippen LogP contribution in [0, 0.1) is 11.3 Å². The summed E-state index contributed by atoms with van der Waals surface area (Å²) < 4.78 is 2.08. The van der Waals surface area contributed by atoms with E-state index >= 15 is 0 Å². The van der Waals surface area contributed by atoms with Crippen molar-refractivity contribution < 1.29 is 9.59 Å². The van der Waals surface area contributed by atoms with Gasteiger partial charge in [0.05, 0.1) is 6.54 Å². The quantitative estimate of drug-likeness (QED) is 0.376. The SMILES string of the molecule is CCNC(=O)C(C#N)=c1sc(=CNc2cccc(NC(=O)CN(C)Cc3ccccc3)c2)c(=O)n1CC. The molecule has 0 atom stereocenters. The summed E-state index contributed by atoms with van der Waals surface area (Å²) in [6.45, 7) is 5.14. The highest BCUT2D eigenvalue weighted by molar-refractivity contribution is 7.07. The minimum Gasteiger partial charge on any atom is -0.360 e. The van der Waals surface area contributed by atoms with Gasteiger partial charge in [0, 0.05) is 37.2 Å². The first-order valence-corrected chi connectivity index (χ1v) is 12.7. The van der Waals surface area contributed by atoms with Crippen LogP contribution in [0.25, 0.3) is 11.8 Å². The third-order valence-electron chi connectivity index (χ3n) is 5.34. The molecule has 0 bridgehead atoms. The highest BCUT2D eigenvalue weighted by Crippen LogP contribution is 2.15. The molecule has 3 rings (SSSR count). The Kier molecular flexibility index (Phi) is 9.77. The lowest BCUT2D eigenvalue weighted by molar-refractivity contribution is -0.117. The van der Waals surface area contributed by atoms with Crippen molar-refractivity contribution in [3.05, 3.63) is 79.7 Å². The van der Waals surface area contributed by atoms with Crippen LogP contribution in [0.5, 0.6) is 0 Å². The summed E-state index contributed by atoms with van der Waals surface area (Å²) in [6.07, 6.45) is 1.55. The van der Waals surface area contributed by atoms with Crippen LogP contribution >= 0.6 is 11.3 Å². The molecule has 192 valence electrons. The second-order valence-electron chi connectivity index (χ2n) is 8.24. The van der Waals surface area contributed by atoms with E-state index in [1.54, 1.807) is 38.2 Å². The van der Waals surface area contributed by atoms with Crippen molar-refractivity contribution >= 4 is 46.3 Å². The zero-order valence-corrected chi connectivity index (χ0v) is 21.9. The Labute approximate surface area is 219 Å². The second-order valence-corrected chi connectivity index (χ2v) is 9.27. The molecule has 0 fully saturated rings. The maximum absolute atomic E-state index is 12.9. The number of hydrogen-bond acceptors (Lipinski definition) is 7. The molecule has 3 N–H and O–H groups in total. The highest BCUT2D eigenvalue weighted by atomic mass is 32.1. The average molecular weight is 519 g/mol. The Morgan fingerprint density at radius 2 is 1.84 bits per heavy atom. The number of likely N-dealkylation sites (N-methyl/N-ethyl adjacent to an activating group) is 1. The third kappa shape index (κ3) is 7.39. The maximum Gasteiger partial charge on any atom is 0.270 e. The lowest BCUT2D eigenvalue weighted by Crippen LogP contribution is -2.34. The van der Waals surface area contributed by atoms with E-state index in [-0.39, 0.29) is 23.6 Å². The minimum absolute atomic E-state index is 0.0904. The van der Waals surface area contributed by atoms with Crippen LogP contribution in [0.3, 0.4) is 0 Å². The van der Waals surface area contributed by atoms with Gasteiger partial charge in [-0.05, 0) is 44.7 Å². The van der Waals surface area contributed by atoms with E-state index in [9.17, 15) is 19.6 Å². The largest absolute Gasteiger partial charge is 0.360 e. The summed E-state index contributed by atoms with van der Waals surface area (Å²) in [5.41, 5.74) is 2.03. The van der Waals surface area contributed by atoms with Crippen molar-refractivity contribution in [1.82, 2.24) is 14.8 Å². The molecular formula is C27H30N6O3S. The fraction of sp³-hybridized carbons (Fsp3) is 0.259. The van der Waals surface area contributed by atoms with Crippen molar-refractivity contribution in [3.8, 4) is 6.07 Å². The number of carbonyl (C=O) groups excluding carboxylic acids is 2.